The van der Waals surface area contributed by atoms with Crippen LogP contribution in [0.15, 0.2) is 11.6 Å². The van der Waals surface area contributed by atoms with Crippen LogP contribution in [0.25, 0.3) is 0 Å². The van der Waals surface area contributed by atoms with Gasteiger partial charge < -0.3 is 18.9 Å². The van der Waals surface area contributed by atoms with Crippen molar-refractivity contribution in [1.29, 1.82) is 0 Å². The SMILES string of the molecule is COC(=O)C1=C[C@@H]2C[C@H](C(=O)OC)[C@H]1C(=O)C2(OC)OC. The first-order valence-corrected chi connectivity index (χ1v) is 6.49. The van der Waals surface area contributed by atoms with Gasteiger partial charge in [-0.2, -0.15) is 0 Å². The van der Waals surface area contributed by atoms with Crippen LogP contribution in [-0.2, 0) is 33.3 Å². The van der Waals surface area contributed by atoms with Crippen molar-refractivity contribution in [2.24, 2.45) is 17.8 Å². The fraction of sp³-hybridized carbons (Fsp3) is 0.643. The zero-order valence-electron chi connectivity index (χ0n) is 12.4. The summed E-state index contributed by atoms with van der Waals surface area (Å²) in [6, 6.07) is 0. The maximum atomic E-state index is 12.7. The van der Waals surface area contributed by atoms with Crippen molar-refractivity contribution in [2.75, 3.05) is 28.4 Å². The molecule has 0 unspecified atom stereocenters. The highest BCUT2D eigenvalue weighted by atomic mass is 16.7. The molecule has 0 aromatic carbocycles. The number of ether oxygens (including phenoxy) is 4. The standard InChI is InChI=1S/C14H18O7/c1-18-12(16)8-5-7-6-9(13(17)19-2)10(8)11(15)14(7,20-3)21-4/h5,7,9-10H,6H2,1-4H3/t7-,9+,10+/m1/s1. The van der Waals surface area contributed by atoms with Gasteiger partial charge in [0.25, 0.3) is 0 Å². The molecule has 1 fully saturated rings. The Balaban J connectivity index is 2.52. The van der Waals surface area contributed by atoms with Crippen molar-refractivity contribution in [3.8, 4) is 0 Å². The number of fused-ring (bicyclic) bond motifs is 2. The minimum atomic E-state index is -1.47. The second-order valence-corrected chi connectivity index (χ2v) is 5.00. The zero-order valence-corrected chi connectivity index (χ0v) is 12.4. The quantitative estimate of drug-likeness (QED) is 0.536. The Labute approximate surface area is 122 Å². The molecule has 3 rings (SSSR count). The number of carbonyl (C=O) groups is 3. The van der Waals surface area contributed by atoms with E-state index in [2.05, 4.69) is 0 Å². The predicted octanol–water partition coefficient (Wildman–Crippen LogP) is 0.0829. The van der Waals surface area contributed by atoms with Crippen LogP contribution in [0.1, 0.15) is 6.42 Å². The number of esters is 2. The van der Waals surface area contributed by atoms with Gasteiger partial charge in [-0.1, -0.05) is 6.08 Å². The first-order valence-electron chi connectivity index (χ1n) is 6.49. The van der Waals surface area contributed by atoms with E-state index in [-0.39, 0.29) is 5.57 Å². The Kier molecular flexibility index (Phi) is 4.15. The van der Waals surface area contributed by atoms with Gasteiger partial charge in [0.15, 0.2) is 0 Å². The van der Waals surface area contributed by atoms with E-state index in [1.807, 2.05) is 0 Å². The van der Waals surface area contributed by atoms with E-state index in [0.29, 0.717) is 6.42 Å². The zero-order chi connectivity index (χ0) is 15.8. The fourth-order valence-corrected chi connectivity index (χ4v) is 3.29. The lowest BCUT2D eigenvalue weighted by atomic mass is 9.61. The lowest BCUT2D eigenvalue weighted by Gasteiger charge is -2.48. The molecule has 0 radical (unpaired) electrons. The smallest absolute Gasteiger partial charge is 0.334 e. The second kappa shape index (κ2) is 5.57. The number of carbonyl (C=O) groups excluding carboxylic acids is 3. The topological polar surface area (TPSA) is 88.1 Å². The fourth-order valence-electron chi connectivity index (χ4n) is 3.29. The van der Waals surface area contributed by atoms with Crippen molar-refractivity contribution in [2.45, 2.75) is 12.2 Å². The first-order chi connectivity index (χ1) is 9.96. The molecule has 2 bridgehead atoms. The monoisotopic (exact) mass is 298 g/mol. The van der Waals surface area contributed by atoms with E-state index < -0.39 is 41.3 Å². The van der Waals surface area contributed by atoms with Crippen molar-refractivity contribution in [1.82, 2.24) is 0 Å². The first kappa shape index (κ1) is 15.7. The van der Waals surface area contributed by atoms with Gasteiger partial charge in [-0.15, -0.1) is 0 Å². The molecule has 116 valence electrons. The summed E-state index contributed by atoms with van der Waals surface area (Å²) >= 11 is 0. The lowest BCUT2D eigenvalue weighted by molar-refractivity contribution is -0.241. The molecule has 0 amide bonds. The number of Topliss-reactive ketones (excluding diaryl/α,β-unsaturated/α-hetero) is 1. The molecule has 0 aliphatic heterocycles. The Morgan fingerprint density at radius 3 is 2.19 bits per heavy atom. The van der Waals surface area contributed by atoms with Crippen LogP contribution in [0.4, 0.5) is 0 Å². The molecular weight excluding hydrogens is 280 g/mol. The van der Waals surface area contributed by atoms with Crippen molar-refractivity contribution < 1.29 is 33.3 Å². The molecule has 3 atom stereocenters. The summed E-state index contributed by atoms with van der Waals surface area (Å²) < 4.78 is 20.0. The molecule has 0 aromatic rings. The summed E-state index contributed by atoms with van der Waals surface area (Å²) in [6.07, 6.45) is 1.91. The predicted molar refractivity (Wildman–Crippen MR) is 69.0 cm³/mol. The van der Waals surface area contributed by atoms with Crippen LogP contribution in [0, 0.1) is 17.8 Å². The molecule has 7 nitrogen and oxygen atoms in total. The Morgan fingerprint density at radius 1 is 1.14 bits per heavy atom. The molecular formula is C14H18O7. The highest BCUT2D eigenvalue weighted by molar-refractivity contribution is 6.05. The second-order valence-electron chi connectivity index (χ2n) is 5.00. The largest absolute Gasteiger partial charge is 0.469 e. The molecule has 1 saturated carbocycles. The van der Waals surface area contributed by atoms with E-state index in [4.69, 9.17) is 18.9 Å². The molecule has 0 N–H and O–H groups in total. The van der Waals surface area contributed by atoms with Crippen molar-refractivity contribution in [3.63, 3.8) is 0 Å². The van der Waals surface area contributed by atoms with E-state index in [1.54, 1.807) is 6.08 Å². The summed E-state index contributed by atoms with van der Waals surface area (Å²) in [5.74, 6) is -5.35. The van der Waals surface area contributed by atoms with Gasteiger partial charge in [-0.05, 0) is 6.42 Å². The minimum Gasteiger partial charge on any atom is -0.469 e. The summed E-state index contributed by atoms with van der Waals surface area (Å²) in [5.41, 5.74) is 0.166. The van der Waals surface area contributed by atoms with Crippen molar-refractivity contribution >= 4 is 17.7 Å². The number of rotatable bonds is 4. The number of hydrogen-bond donors (Lipinski definition) is 0. The Morgan fingerprint density at radius 2 is 1.76 bits per heavy atom. The summed E-state index contributed by atoms with van der Waals surface area (Å²) in [6.45, 7) is 0. The highest BCUT2D eigenvalue weighted by Gasteiger charge is 2.62. The molecule has 3 aliphatic carbocycles. The Hall–Kier alpha value is -1.73. The lowest BCUT2D eigenvalue weighted by Crippen LogP contribution is -2.62. The summed E-state index contributed by atoms with van der Waals surface area (Å²) in [4.78, 5) is 36.5. The van der Waals surface area contributed by atoms with Crippen LogP contribution < -0.4 is 0 Å². The molecule has 7 heteroatoms. The average molecular weight is 298 g/mol. The third kappa shape index (κ3) is 2.08. The van der Waals surface area contributed by atoms with Gasteiger partial charge in [-0.3, -0.25) is 9.59 Å². The van der Waals surface area contributed by atoms with Gasteiger partial charge in [0.05, 0.1) is 26.1 Å². The normalized spacial score (nSPS) is 29.8. The third-order valence-electron chi connectivity index (χ3n) is 4.27. The van der Waals surface area contributed by atoms with E-state index in [1.165, 1.54) is 28.4 Å². The summed E-state index contributed by atoms with van der Waals surface area (Å²) in [7, 11) is 5.20. The van der Waals surface area contributed by atoms with Crippen LogP contribution in [0.5, 0.6) is 0 Å². The maximum absolute atomic E-state index is 12.7. The van der Waals surface area contributed by atoms with Gasteiger partial charge in [-0.25, -0.2) is 4.79 Å². The van der Waals surface area contributed by atoms with Gasteiger partial charge >= 0.3 is 11.9 Å². The number of methoxy groups -OCH3 is 4. The van der Waals surface area contributed by atoms with Crippen molar-refractivity contribution in [3.05, 3.63) is 11.6 Å². The summed E-state index contributed by atoms with van der Waals surface area (Å²) in [5, 5.41) is 0. The number of hydrogen-bond acceptors (Lipinski definition) is 7. The van der Waals surface area contributed by atoms with Gasteiger partial charge in [0, 0.05) is 25.7 Å². The van der Waals surface area contributed by atoms with Gasteiger partial charge in [0.2, 0.25) is 11.6 Å². The highest BCUT2D eigenvalue weighted by Crippen LogP contribution is 2.49. The molecule has 0 saturated heterocycles. The molecule has 0 heterocycles. The molecule has 0 aromatic heterocycles. The third-order valence-corrected chi connectivity index (χ3v) is 4.27. The van der Waals surface area contributed by atoms with Crippen LogP contribution in [0.2, 0.25) is 0 Å². The molecule has 0 spiro atoms. The molecule has 21 heavy (non-hydrogen) atoms. The minimum absolute atomic E-state index is 0.166. The van der Waals surface area contributed by atoms with Crippen LogP contribution in [0.3, 0.4) is 0 Å². The van der Waals surface area contributed by atoms with Crippen LogP contribution >= 0.6 is 0 Å². The average Bonchev–Trinajstić information content (AvgIpc) is 2.53. The van der Waals surface area contributed by atoms with E-state index >= 15 is 0 Å². The maximum Gasteiger partial charge on any atom is 0.334 e. The van der Waals surface area contributed by atoms with Gasteiger partial charge in [0.1, 0.15) is 0 Å². The number of ketones is 1. The Bertz CT molecular complexity index is 503. The van der Waals surface area contributed by atoms with E-state index in [0.717, 1.165) is 0 Å². The molecule has 3 aliphatic rings. The van der Waals surface area contributed by atoms with E-state index in [9.17, 15) is 14.4 Å². The van der Waals surface area contributed by atoms with Crippen LogP contribution in [-0.4, -0.2) is 51.9 Å².